The lowest BCUT2D eigenvalue weighted by Gasteiger charge is -2.14. The van der Waals surface area contributed by atoms with Crippen LogP contribution in [0.25, 0.3) is 22.1 Å². The number of hydrogen-bond acceptors (Lipinski definition) is 3. The zero-order valence-electron chi connectivity index (χ0n) is 17.1. The van der Waals surface area contributed by atoms with Crippen molar-refractivity contribution in [2.24, 2.45) is 0 Å². The number of carbonyl (C=O) groups excluding carboxylic acids is 1. The highest BCUT2D eigenvalue weighted by Gasteiger charge is 2.21. The highest BCUT2D eigenvalue weighted by atomic mass is 35.5. The third kappa shape index (κ3) is 3.83. The standard InChI is InChI=1S/C24H23ClN2O2S/c1-4-15-7-6-8-16(5-2)22(15)26-24(28)27-23-21(18-11-12-30-14(18)3)19-13-17(25)9-10-20(19)29-23/h6-13H,4-5H2,1-3H3,(H2,26,27,28). The number of urea groups is 1. The minimum atomic E-state index is -0.329. The van der Waals surface area contributed by atoms with Crippen LogP contribution in [0.3, 0.4) is 0 Å². The smallest absolute Gasteiger partial charge is 0.326 e. The molecule has 6 heteroatoms. The number of anilines is 2. The summed E-state index contributed by atoms with van der Waals surface area (Å²) in [5, 5.41) is 9.50. The minimum Gasteiger partial charge on any atom is -0.440 e. The van der Waals surface area contributed by atoms with Crippen molar-refractivity contribution in [2.45, 2.75) is 33.6 Å². The molecule has 0 fully saturated rings. The summed E-state index contributed by atoms with van der Waals surface area (Å²) in [6.07, 6.45) is 1.68. The number of hydrogen-bond donors (Lipinski definition) is 2. The largest absolute Gasteiger partial charge is 0.440 e. The van der Waals surface area contributed by atoms with Crippen LogP contribution in [-0.2, 0) is 12.8 Å². The van der Waals surface area contributed by atoms with Crippen LogP contribution in [0, 0.1) is 6.92 Å². The maximum atomic E-state index is 13.0. The van der Waals surface area contributed by atoms with E-state index in [-0.39, 0.29) is 6.03 Å². The van der Waals surface area contributed by atoms with Crippen molar-refractivity contribution in [3.63, 3.8) is 0 Å². The number of benzene rings is 2. The topological polar surface area (TPSA) is 54.3 Å². The number of halogens is 1. The van der Waals surface area contributed by atoms with Crippen LogP contribution >= 0.6 is 22.9 Å². The van der Waals surface area contributed by atoms with Gasteiger partial charge in [0.05, 0.1) is 5.56 Å². The van der Waals surface area contributed by atoms with Crippen molar-refractivity contribution in [1.29, 1.82) is 0 Å². The zero-order valence-corrected chi connectivity index (χ0v) is 18.7. The van der Waals surface area contributed by atoms with Crippen LogP contribution < -0.4 is 10.6 Å². The van der Waals surface area contributed by atoms with Gasteiger partial charge in [0.15, 0.2) is 0 Å². The first-order valence-corrected chi connectivity index (χ1v) is 11.2. The van der Waals surface area contributed by atoms with E-state index in [1.807, 2.05) is 41.8 Å². The van der Waals surface area contributed by atoms with Gasteiger partial charge in [-0.1, -0.05) is 43.6 Å². The molecule has 0 spiro atoms. The van der Waals surface area contributed by atoms with Crippen LogP contribution in [0.1, 0.15) is 29.9 Å². The Bertz CT molecular complexity index is 1200. The molecular weight excluding hydrogens is 416 g/mol. The predicted octanol–water partition coefficient (Wildman–Crippen LogP) is 7.89. The number of furan rings is 1. The molecule has 30 heavy (non-hydrogen) atoms. The fourth-order valence-corrected chi connectivity index (χ4v) is 4.60. The molecule has 2 aromatic heterocycles. The highest BCUT2D eigenvalue weighted by molar-refractivity contribution is 7.10. The van der Waals surface area contributed by atoms with Gasteiger partial charge >= 0.3 is 6.03 Å². The molecule has 154 valence electrons. The number of rotatable bonds is 5. The Morgan fingerprint density at radius 2 is 1.80 bits per heavy atom. The molecule has 0 aliphatic heterocycles. The number of para-hydroxylation sites is 1. The molecule has 4 aromatic rings. The molecule has 0 unspecified atom stereocenters. The molecular formula is C24H23ClN2O2S. The van der Waals surface area contributed by atoms with Crippen molar-refractivity contribution >= 4 is 51.5 Å². The average molecular weight is 439 g/mol. The first-order chi connectivity index (χ1) is 14.5. The number of carbonyl (C=O) groups is 1. The van der Waals surface area contributed by atoms with Crippen molar-refractivity contribution < 1.29 is 9.21 Å². The third-order valence-corrected chi connectivity index (χ3v) is 6.32. The second kappa shape index (κ2) is 8.54. The van der Waals surface area contributed by atoms with E-state index in [1.165, 1.54) is 0 Å². The predicted molar refractivity (Wildman–Crippen MR) is 127 cm³/mol. The second-order valence-electron chi connectivity index (χ2n) is 7.07. The van der Waals surface area contributed by atoms with E-state index >= 15 is 0 Å². The summed E-state index contributed by atoms with van der Waals surface area (Å²) in [6, 6.07) is 13.3. The van der Waals surface area contributed by atoms with Gasteiger partial charge in [0.25, 0.3) is 0 Å². The van der Waals surface area contributed by atoms with Crippen molar-refractivity contribution in [1.82, 2.24) is 0 Å². The van der Waals surface area contributed by atoms with Crippen molar-refractivity contribution in [3.8, 4) is 11.1 Å². The maximum absolute atomic E-state index is 13.0. The fourth-order valence-electron chi connectivity index (χ4n) is 3.72. The Balaban J connectivity index is 1.73. The minimum absolute atomic E-state index is 0.329. The number of amides is 2. The Morgan fingerprint density at radius 1 is 1.07 bits per heavy atom. The Labute approximate surface area is 184 Å². The van der Waals surface area contributed by atoms with Crippen LogP contribution in [0.5, 0.6) is 0 Å². The van der Waals surface area contributed by atoms with Crippen LogP contribution in [0.4, 0.5) is 16.4 Å². The highest BCUT2D eigenvalue weighted by Crippen LogP contribution is 2.42. The van der Waals surface area contributed by atoms with E-state index in [4.69, 9.17) is 16.0 Å². The van der Waals surface area contributed by atoms with Gasteiger partial charge in [-0.2, -0.15) is 0 Å². The lowest BCUT2D eigenvalue weighted by molar-refractivity contribution is 0.261. The van der Waals surface area contributed by atoms with Gasteiger partial charge < -0.3 is 9.73 Å². The van der Waals surface area contributed by atoms with E-state index in [9.17, 15) is 4.79 Å². The molecule has 0 bridgehead atoms. The molecule has 0 aliphatic rings. The van der Waals surface area contributed by atoms with E-state index < -0.39 is 0 Å². The summed E-state index contributed by atoms with van der Waals surface area (Å²) in [7, 11) is 0. The molecule has 4 nitrogen and oxygen atoms in total. The maximum Gasteiger partial charge on any atom is 0.326 e. The van der Waals surface area contributed by atoms with E-state index in [1.54, 1.807) is 17.4 Å². The lowest BCUT2D eigenvalue weighted by Crippen LogP contribution is -2.21. The van der Waals surface area contributed by atoms with Gasteiger partial charge in [-0.3, -0.25) is 5.32 Å². The van der Waals surface area contributed by atoms with E-state index in [2.05, 4.69) is 31.4 Å². The Hall–Kier alpha value is -2.76. The molecule has 0 atom stereocenters. The normalized spacial score (nSPS) is 11.1. The van der Waals surface area contributed by atoms with Gasteiger partial charge in [0, 0.05) is 26.5 Å². The number of aryl methyl sites for hydroxylation is 3. The van der Waals surface area contributed by atoms with E-state index in [0.29, 0.717) is 16.5 Å². The summed E-state index contributed by atoms with van der Waals surface area (Å²) in [5.41, 5.74) is 5.64. The summed E-state index contributed by atoms with van der Waals surface area (Å²) < 4.78 is 6.03. The van der Waals surface area contributed by atoms with Gasteiger partial charge in [0.2, 0.25) is 5.88 Å². The molecule has 0 saturated heterocycles. The number of thiophene rings is 1. The molecule has 4 rings (SSSR count). The monoisotopic (exact) mass is 438 g/mol. The molecule has 0 aliphatic carbocycles. The molecule has 2 amide bonds. The van der Waals surface area contributed by atoms with Crippen molar-refractivity contribution in [2.75, 3.05) is 10.6 Å². The fraction of sp³-hybridized carbons (Fsp3) is 0.208. The quantitative estimate of drug-likeness (QED) is 0.332. The van der Waals surface area contributed by atoms with Gasteiger partial charge in [-0.15, -0.1) is 11.3 Å². The summed E-state index contributed by atoms with van der Waals surface area (Å²) in [5.74, 6) is 0.415. The van der Waals surface area contributed by atoms with Crippen molar-refractivity contribution in [3.05, 3.63) is 68.9 Å². The summed E-state index contributed by atoms with van der Waals surface area (Å²) >= 11 is 7.89. The first kappa shape index (κ1) is 20.5. The molecule has 0 saturated carbocycles. The summed E-state index contributed by atoms with van der Waals surface area (Å²) in [4.78, 5) is 14.1. The van der Waals surface area contributed by atoms with Crippen LogP contribution in [0.2, 0.25) is 5.02 Å². The van der Waals surface area contributed by atoms with Gasteiger partial charge in [-0.05, 0) is 60.5 Å². The molecule has 2 heterocycles. The molecule has 2 aromatic carbocycles. The first-order valence-electron chi connectivity index (χ1n) is 9.97. The van der Waals surface area contributed by atoms with Crippen LogP contribution in [0.15, 0.2) is 52.3 Å². The number of nitrogens with one attached hydrogen (secondary N) is 2. The molecule has 0 radical (unpaired) electrons. The van der Waals surface area contributed by atoms with Gasteiger partial charge in [0.1, 0.15) is 5.58 Å². The average Bonchev–Trinajstić information content (AvgIpc) is 3.30. The second-order valence-corrected chi connectivity index (χ2v) is 8.63. The molecule has 2 N–H and O–H groups in total. The van der Waals surface area contributed by atoms with Gasteiger partial charge in [-0.25, -0.2) is 4.79 Å². The zero-order chi connectivity index (χ0) is 21.3. The Morgan fingerprint density at radius 3 is 2.43 bits per heavy atom. The summed E-state index contributed by atoms with van der Waals surface area (Å²) in [6.45, 7) is 6.22. The SMILES string of the molecule is CCc1cccc(CC)c1NC(=O)Nc1oc2ccc(Cl)cc2c1-c1ccsc1C. The lowest BCUT2D eigenvalue weighted by atomic mass is 10.0. The third-order valence-electron chi connectivity index (χ3n) is 5.24. The Kier molecular flexibility index (Phi) is 5.84. The number of fused-ring (bicyclic) bond motifs is 1. The van der Waals surface area contributed by atoms with E-state index in [0.717, 1.165) is 51.0 Å². The van der Waals surface area contributed by atoms with Crippen LogP contribution in [-0.4, -0.2) is 6.03 Å².